The van der Waals surface area contributed by atoms with Gasteiger partial charge in [0, 0.05) is 0 Å². The van der Waals surface area contributed by atoms with Crippen LogP contribution in [-0.4, -0.2) is 23.2 Å². The molecule has 6 heteroatoms. The van der Waals surface area contributed by atoms with E-state index >= 15 is 0 Å². The first-order valence-electron chi connectivity index (χ1n) is 4.46. The standard InChI is InChI=1S/C10H12N4O2/c1-6-2-3-7(4-8(6)9(15)16)5-13-14-10(11)12/h2-5H,1H3,(H,15,16)(H4,11,12,14). The zero-order valence-corrected chi connectivity index (χ0v) is 8.71. The van der Waals surface area contributed by atoms with E-state index in [2.05, 4.69) is 10.2 Å². The van der Waals surface area contributed by atoms with Gasteiger partial charge in [0.1, 0.15) is 0 Å². The van der Waals surface area contributed by atoms with Gasteiger partial charge >= 0.3 is 5.97 Å². The van der Waals surface area contributed by atoms with Crippen LogP contribution in [0.5, 0.6) is 0 Å². The second kappa shape index (κ2) is 4.92. The van der Waals surface area contributed by atoms with Crippen molar-refractivity contribution in [2.75, 3.05) is 0 Å². The number of benzene rings is 1. The Balaban J connectivity index is 3.00. The van der Waals surface area contributed by atoms with Gasteiger partial charge in [-0.1, -0.05) is 12.1 Å². The van der Waals surface area contributed by atoms with E-state index in [4.69, 9.17) is 16.6 Å². The lowest BCUT2D eigenvalue weighted by atomic mass is 10.1. The number of aryl methyl sites for hydroxylation is 1. The molecule has 1 aromatic rings. The summed E-state index contributed by atoms with van der Waals surface area (Å²) < 4.78 is 0. The van der Waals surface area contributed by atoms with Gasteiger partial charge in [0.05, 0.1) is 11.8 Å². The Kier molecular flexibility index (Phi) is 3.60. The van der Waals surface area contributed by atoms with E-state index in [-0.39, 0.29) is 11.5 Å². The number of nitrogens with zero attached hydrogens (tertiary/aromatic N) is 2. The average Bonchev–Trinajstić information content (AvgIpc) is 2.19. The van der Waals surface area contributed by atoms with Crippen molar-refractivity contribution in [2.45, 2.75) is 6.92 Å². The van der Waals surface area contributed by atoms with E-state index < -0.39 is 5.97 Å². The highest BCUT2D eigenvalue weighted by Gasteiger charge is 2.06. The SMILES string of the molecule is Cc1ccc(C=NN=C(N)N)cc1C(=O)O. The third-order valence-electron chi connectivity index (χ3n) is 1.87. The van der Waals surface area contributed by atoms with Gasteiger partial charge in [0.2, 0.25) is 5.96 Å². The summed E-state index contributed by atoms with van der Waals surface area (Å²) in [5.41, 5.74) is 11.7. The molecule has 16 heavy (non-hydrogen) atoms. The Morgan fingerprint density at radius 1 is 1.44 bits per heavy atom. The first-order valence-corrected chi connectivity index (χ1v) is 4.46. The van der Waals surface area contributed by atoms with Gasteiger partial charge in [-0.3, -0.25) is 0 Å². The largest absolute Gasteiger partial charge is 0.478 e. The van der Waals surface area contributed by atoms with Gasteiger partial charge in [0.15, 0.2) is 0 Å². The van der Waals surface area contributed by atoms with Crippen molar-refractivity contribution in [3.05, 3.63) is 34.9 Å². The quantitative estimate of drug-likeness (QED) is 0.386. The smallest absolute Gasteiger partial charge is 0.335 e. The minimum atomic E-state index is -0.977. The van der Waals surface area contributed by atoms with Crippen LogP contribution in [0.3, 0.4) is 0 Å². The van der Waals surface area contributed by atoms with E-state index in [1.165, 1.54) is 12.3 Å². The molecule has 0 aliphatic carbocycles. The number of aromatic carboxylic acids is 1. The molecule has 0 aliphatic rings. The van der Waals surface area contributed by atoms with Crippen LogP contribution in [-0.2, 0) is 0 Å². The number of rotatable bonds is 3. The maximum atomic E-state index is 10.8. The Hall–Kier alpha value is -2.37. The number of carboxylic acid groups (broad SMARTS) is 1. The van der Waals surface area contributed by atoms with E-state index in [1.807, 2.05) is 0 Å². The van der Waals surface area contributed by atoms with Crippen LogP contribution >= 0.6 is 0 Å². The second-order valence-electron chi connectivity index (χ2n) is 3.15. The van der Waals surface area contributed by atoms with Crippen LogP contribution in [0.25, 0.3) is 0 Å². The van der Waals surface area contributed by atoms with Crippen molar-refractivity contribution in [2.24, 2.45) is 21.7 Å². The van der Waals surface area contributed by atoms with Gasteiger partial charge in [0.25, 0.3) is 0 Å². The minimum absolute atomic E-state index is 0.151. The van der Waals surface area contributed by atoms with Crippen molar-refractivity contribution >= 4 is 18.1 Å². The fourth-order valence-electron chi connectivity index (χ4n) is 1.11. The molecule has 1 aromatic carbocycles. The van der Waals surface area contributed by atoms with Crippen molar-refractivity contribution in [3.63, 3.8) is 0 Å². The van der Waals surface area contributed by atoms with Crippen molar-refractivity contribution in [1.82, 2.24) is 0 Å². The molecule has 0 fully saturated rings. The first kappa shape index (κ1) is 11.7. The van der Waals surface area contributed by atoms with Crippen LogP contribution < -0.4 is 11.5 Å². The number of guanidine groups is 1. The lowest BCUT2D eigenvalue weighted by Crippen LogP contribution is -2.21. The number of nitrogens with two attached hydrogens (primary N) is 2. The van der Waals surface area contributed by atoms with Gasteiger partial charge < -0.3 is 16.6 Å². The molecule has 0 amide bonds. The Morgan fingerprint density at radius 3 is 2.69 bits per heavy atom. The maximum Gasteiger partial charge on any atom is 0.335 e. The van der Waals surface area contributed by atoms with Crippen LogP contribution in [0, 0.1) is 6.92 Å². The summed E-state index contributed by atoms with van der Waals surface area (Å²) in [5.74, 6) is -1.13. The summed E-state index contributed by atoms with van der Waals surface area (Å²) in [5, 5.41) is 15.9. The van der Waals surface area contributed by atoms with Gasteiger partial charge in [-0.15, -0.1) is 5.10 Å². The first-order chi connectivity index (χ1) is 7.50. The average molecular weight is 220 g/mol. The highest BCUT2D eigenvalue weighted by atomic mass is 16.4. The number of carbonyl (C=O) groups is 1. The molecule has 0 heterocycles. The highest BCUT2D eigenvalue weighted by molar-refractivity contribution is 5.92. The Bertz CT molecular complexity index is 462. The molecule has 0 unspecified atom stereocenters. The Morgan fingerprint density at radius 2 is 2.12 bits per heavy atom. The molecular weight excluding hydrogens is 208 g/mol. The molecule has 6 nitrogen and oxygen atoms in total. The molecule has 0 bridgehead atoms. The number of hydrogen-bond acceptors (Lipinski definition) is 3. The van der Waals surface area contributed by atoms with E-state index in [0.717, 1.165) is 0 Å². The topological polar surface area (TPSA) is 114 Å². The molecule has 0 spiro atoms. The maximum absolute atomic E-state index is 10.8. The zero-order chi connectivity index (χ0) is 12.1. The summed E-state index contributed by atoms with van der Waals surface area (Å²) in [6, 6.07) is 4.93. The van der Waals surface area contributed by atoms with E-state index in [9.17, 15) is 4.79 Å². The predicted molar refractivity (Wildman–Crippen MR) is 61.5 cm³/mol. The molecule has 0 radical (unpaired) electrons. The summed E-state index contributed by atoms with van der Waals surface area (Å²) in [4.78, 5) is 10.8. The van der Waals surface area contributed by atoms with Crippen molar-refractivity contribution in [3.8, 4) is 0 Å². The molecule has 0 saturated carbocycles. The van der Waals surface area contributed by atoms with Crippen molar-refractivity contribution in [1.29, 1.82) is 0 Å². The number of hydrogen-bond donors (Lipinski definition) is 3. The lowest BCUT2D eigenvalue weighted by Gasteiger charge is -2.00. The summed E-state index contributed by atoms with van der Waals surface area (Å²) >= 11 is 0. The monoisotopic (exact) mass is 220 g/mol. The fraction of sp³-hybridized carbons (Fsp3) is 0.100. The zero-order valence-electron chi connectivity index (χ0n) is 8.71. The fourth-order valence-corrected chi connectivity index (χ4v) is 1.11. The third-order valence-corrected chi connectivity index (χ3v) is 1.87. The summed E-state index contributed by atoms with van der Waals surface area (Å²) in [6.45, 7) is 1.72. The summed E-state index contributed by atoms with van der Waals surface area (Å²) in [7, 11) is 0. The van der Waals surface area contributed by atoms with Crippen LogP contribution in [0.4, 0.5) is 0 Å². The van der Waals surface area contributed by atoms with Gasteiger partial charge in [-0.05, 0) is 24.1 Å². The summed E-state index contributed by atoms with van der Waals surface area (Å²) in [6.07, 6.45) is 1.38. The normalized spacial score (nSPS) is 10.3. The van der Waals surface area contributed by atoms with E-state index in [0.29, 0.717) is 11.1 Å². The van der Waals surface area contributed by atoms with E-state index in [1.54, 1.807) is 19.1 Å². The third kappa shape index (κ3) is 3.09. The molecule has 0 aliphatic heterocycles. The second-order valence-corrected chi connectivity index (χ2v) is 3.15. The molecule has 0 atom stereocenters. The van der Waals surface area contributed by atoms with Gasteiger partial charge in [-0.25, -0.2) is 4.79 Å². The predicted octanol–water partition coefficient (Wildman–Crippen LogP) is 0.301. The molecule has 5 N–H and O–H groups in total. The molecule has 0 aromatic heterocycles. The Labute approximate surface area is 92.3 Å². The van der Waals surface area contributed by atoms with Crippen molar-refractivity contribution < 1.29 is 9.90 Å². The molecule has 84 valence electrons. The molecule has 0 saturated heterocycles. The van der Waals surface area contributed by atoms with Crippen LogP contribution in [0.2, 0.25) is 0 Å². The van der Waals surface area contributed by atoms with Gasteiger partial charge in [-0.2, -0.15) is 5.10 Å². The lowest BCUT2D eigenvalue weighted by molar-refractivity contribution is 0.0696. The minimum Gasteiger partial charge on any atom is -0.478 e. The molecular formula is C10H12N4O2. The van der Waals surface area contributed by atoms with Crippen LogP contribution in [0.1, 0.15) is 21.5 Å². The number of carboxylic acids is 1. The van der Waals surface area contributed by atoms with Crippen LogP contribution in [0.15, 0.2) is 28.4 Å². The molecule has 1 rings (SSSR count). The highest BCUT2D eigenvalue weighted by Crippen LogP contribution is 2.09.